The Morgan fingerprint density at radius 1 is 1.48 bits per heavy atom. The van der Waals surface area contributed by atoms with E-state index in [1.165, 1.54) is 4.90 Å². The summed E-state index contributed by atoms with van der Waals surface area (Å²) in [6.07, 6.45) is 3.45. The van der Waals surface area contributed by atoms with Gasteiger partial charge in [-0.05, 0) is 38.5 Å². The minimum Gasteiger partial charge on any atom is -0.356 e. The molecule has 2 aliphatic rings. The topological polar surface area (TPSA) is 78.5 Å². The maximum Gasteiger partial charge on any atom is 0.325 e. The fourth-order valence-corrected chi connectivity index (χ4v) is 2.61. The summed E-state index contributed by atoms with van der Waals surface area (Å²) in [5.41, 5.74) is -0.777. The van der Waals surface area contributed by atoms with E-state index in [2.05, 4.69) is 10.6 Å². The fraction of sp³-hybridized carbons (Fsp3) is 0.800. The summed E-state index contributed by atoms with van der Waals surface area (Å²) in [4.78, 5) is 37.0. The number of hydrogen-bond donors (Lipinski definition) is 2. The van der Waals surface area contributed by atoms with Crippen molar-refractivity contribution in [1.29, 1.82) is 0 Å². The highest BCUT2D eigenvalue weighted by molar-refractivity contribution is 6.06. The Morgan fingerprint density at radius 2 is 2.14 bits per heavy atom. The van der Waals surface area contributed by atoms with Gasteiger partial charge in [-0.25, -0.2) is 4.79 Å². The van der Waals surface area contributed by atoms with Crippen LogP contribution in [-0.2, 0) is 9.59 Å². The van der Waals surface area contributed by atoms with Crippen molar-refractivity contribution in [1.82, 2.24) is 15.5 Å². The Balaban J connectivity index is 1.72. The number of amides is 4. The molecule has 0 radical (unpaired) electrons. The van der Waals surface area contributed by atoms with Gasteiger partial charge in [0, 0.05) is 19.0 Å². The molecule has 21 heavy (non-hydrogen) atoms. The zero-order valence-electron chi connectivity index (χ0n) is 13.1. The second-order valence-electron chi connectivity index (χ2n) is 6.34. The van der Waals surface area contributed by atoms with E-state index in [1.54, 1.807) is 6.92 Å². The average molecular weight is 295 g/mol. The van der Waals surface area contributed by atoms with Gasteiger partial charge in [0.05, 0.1) is 0 Å². The third-order valence-electron chi connectivity index (χ3n) is 4.65. The van der Waals surface area contributed by atoms with Crippen molar-refractivity contribution < 1.29 is 14.4 Å². The molecular formula is C15H25N3O3. The second-order valence-corrected chi connectivity index (χ2v) is 6.34. The van der Waals surface area contributed by atoms with Crippen LogP contribution in [0.5, 0.6) is 0 Å². The van der Waals surface area contributed by atoms with Crippen molar-refractivity contribution in [2.24, 2.45) is 11.8 Å². The van der Waals surface area contributed by atoms with Gasteiger partial charge >= 0.3 is 6.03 Å². The van der Waals surface area contributed by atoms with Crippen LogP contribution < -0.4 is 10.6 Å². The summed E-state index contributed by atoms with van der Waals surface area (Å²) in [6.45, 7) is 6.42. The maximum atomic E-state index is 12.2. The third kappa shape index (κ3) is 3.36. The van der Waals surface area contributed by atoms with Crippen molar-refractivity contribution >= 4 is 17.8 Å². The smallest absolute Gasteiger partial charge is 0.325 e. The minimum atomic E-state index is -0.777. The quantitative estimate of drug-likeness (QED) is 0.548. The number of urea groups is 1. The molecule has 0 aromatic rings. The fourth-order valence-electron chi connectivity index (χ4n) is 2.61. The number of carbonyl (C=O) groups excluding carboxylic acids is 3. The Bertz CT molecular complexity index is 447. The summed E-state index contributed by atoms with van der Waals surface area (Å²) in [5.74, 6) is 0.520. The largest absolute Gasteiger partial charge is 0.356 e. The van der Waals surface area contributed by atoms with Gasteiger partial charge in [-0.1, -0.05) is 13.8 Å². The van der Waals surface area contributed by atoms with E-state index in [1.807, 2.05) is 13.8 Å². The molecule has 0 aromatic heterocycles. The van der Waals surface area contributed by atoms with Crippen LogP contribution in [0.15, 0.2) is 0 Å². The van der Waals surface area contributed by atoms with Crippen LogP contribution in [0.2, 0.25) is 0 Å². The van der Waals surface area contributed by atoms with Crippen molar-refractivity contribution in [3.8, 4) is 0 Å². The van der Waals surface area contributed by atoms with Crippen LogP contribution in [0.1, 0.15) is 46.5 Å². The molecule has 1 heterocycles. The third-order valence-corrected chi connectivity index (χ3v) is 4.65. The SMILES string of the molecule is CC[C@@]1(C)NC(=O)N(CCCNC(=O)[C@H](C)C2CC2)C1=O. The van der Waals surface area contributed by atoms with Gasteiger partial charge in [0.15, 0.2) is 0 Å². The van der Waals surface area contributed by atoms with Crippen LogP contribution in [-0.4, -0.2) is 41.4 Å². The lowest BCUT2D eigenvalue weighted by Crippen LogP contribution is -2.43. The molecule has 2 atom stereocenters. The first-order valence-electron chi connectivity index (χ1n) is 7.81. The molecule has 1 aliphatic heterocycles. The van der Waals surface area contributed by atoms with Gasteiger partial charge in [-0.3, -0.25) is 14.5 Å². The van der Waals surface area contributed by atoms with Crippen LogP contribution in [0.3, 0.4) is 0 Å². The van der Waals surface area contributed by atoms with Crippen LogP contribution in [0.4, 0.5) is 4.79 Å². The normalized spacial score (nSPS) is 26.7. The van der Waals surface area contributed by atoms with E-state index in [9.17, 15) is 14.4 Å². The molecule has 1 saturated heterocycles. The number of nitrogens with one attached hydrogen (secondary N) is 2. The Morgan fingerprint density at radius 3 is 2.67 bits per heavy atom. The zero-order chi connectivity index (χ0) is 15.6. The summed E-state index contributed by atoms with van der Waals surface area (Å²) in [6, 6.07) is -0.331. The van der Waals surface area contributed by atoms with Crippen LogP contribution in [0, 0.1) is 11.8 Å². The molecular weight excluding hydrogens is 270 g/mol. The lowest BCUT2D eigenvalue weighted by atomic mass is 9.99. The number of rotatable bonds is 7. The molecule has 0 spiro atoms. The zero-order valence-corrected chi connectivity index (χ0v) is 13.1. The minimum absolute atomic E-state index is 0.0742. The van der Waals surface area contributed by atoms with Crippen molar-refractivity contribution in [3.05, 3.63) is 0 Å². The molecule has 2 rings (SSSR count). The predicted octanol–water partition coefficient (Wildman–Crippen LogP) is 1.26. The van der Waals surface area contributed by atoms with Gasteiger partial charge in [0.25, 0.3) is 5.91 Å². The monoisotopic (exact) mass is 295 g/mol. The van der Waals surface area contributed by atoms with Gasteiger partial charge in [0.2, 0.25) is 5.91 Å². The molecule has 118 valence electrons. The number of imide groups is 1. The molecule has 6 heteroatoms. The lowest BCUT2D eigenvalue weighted by molar-refractivity contribution is -0.130. The Labute approximate surface area is 125 Å². The van der Waals surface area contributed by atoms with Gasteiger partial charge in [-0.2, -0.15) is 0 Å². The molecule has 1 saturated carbocycles. The molecule has 1 aliphatic carbocycles. The molecule has 4 amide bonds. The van der Waals surface area contributed by atoms with E-state index >= 15 is 0 Å². The second kappa shape index (κ2) is 6.03. The Hall–Kier alpha value is -1.59. The van der Waals surface area contributed by atoms with E-state index in [0.717, 1.165) is 12.8 Å². The molecule has 0 bridgehead atoms. The van der Waals surface area contributed by atoms with Crippen molar-refractivity contribution in [3.63, 3.8) is 0 Å². The molecule has 0 aromatic carbocycles. The number of carbonyl (C=O) groups is 3. The van der Waals surface area contributed by atoms with E-state index in [-0.39, 0.29) is 23.8 Å². The highest BCUT2D eigenvalue weighted by Gasteiger charge is 2.45. The first kappa shape index (κ1) is 15.8. The summed E-state index contributed by atoms with van der Waals surface area (Å²) in [7, 11) is 0. The van der Waals surface area contributed by atoms with E-state index < -0.39 is 5.54 Å². The standard InChI is InChI=1S/C15H25N3O3/c1-4-15(3)13(20)18(14(21)17-15)9-5-8-16-12(19)10(2)11-6-7-11/h10-11H,4-9H2,1-3H3,(H,16,19)(H,17,21)/t10-,15-/m1/s1. The highest BCUT2D eigenvalue weighted by atomic mass is 16.2. The summed E-state index contributed by atoms with van der Waals surface area (Å²) >= 11 is 0. The molecule has 6 nitrogen and oxygen atoms in total. The van der Waals surface area contributed by atoms with Crippen molar-refractivity contribution in [2.75, 3.05) is 13.1 Å². The number of hydrogen-bond acceptors (Lipinski definition) is 3. The lowest BCUT2D eigenvalue weighted by Gasteiger charge is -2.19. The predicted molar refractivity (Wildman–Crippen MR) is 78.5 cm³/mol. The first-order valence-corrected chi connectivity index (χ1v) is 7.81. The number of nitrogens with zero attached hydrogens (tertiary/aromatic N) is 1. The van der Waals surface area contributed by atoms with E-state index in [0.29, 0.717) is 31.8 Å². The first-order chi connectivity index (χ1) is 9.89. The van der Waals surface area contributed by atoms with Crippen LogP contribution in [0.25, 0.3) is 0 Å². The molecule has 0 unspecified atom stereocenters. The summed E-state index contributed by atoms with van der Waals surface area (Å²) < 4.78 is 0. The molecule has 2 N–H and O–H groups in total. The highest BCUT2D eigenvalue weighted by Crippen LogP contribution is 2.36. The van der Waals surface area contributed by atoms with Gasteiger partial charge in [-0.15, -0.1) is 0 Å². The van der Waals surface area contributed by atoms with Crippen molar-refractivity contribution in [2.45, 2.75) is 52.0 Å². The van der Waals surface area contributed by atoms with Gasteiger partial charge < -0.3 is 10.6 Å². The van der Waals surface area contributed by atoms with Gasteiger partial charge in [0.1, 0.15) is 5.54 Å². The van der Waals surface area contributed by atoms with E-state index in [4.69, 9.17) is 0 Å². The van der Waals surface area contributed by atoms with Crippen LogP contribution >= 0.6 is 0 Å². The Kier molecular flexibility index (Phi) is 4.54. The summed E-state index contributed by atoms with van der Waals surface area (Å²) in [5, 5.41) is 5.60. The maximum absolute atomic E-state index is 12.2. The average Bonchev–Trinajstić information content (AvgIpc) is 3.26. The molecule has 2 fully saturated rings.